The highest BCUT2D eigenvalue weighted by atomic mass is 35.5. The zero-order valence-electron chi connectivity index (χ0n) is 13.1. The van der Waals surface area contributed by atoms with Crippen LogP contribution in [0.1, 0.15) is 12.2 Å². The molecule has 0 amide bonds. The lowest BCUT2D eigenvalue weighted by Gasteiger charge is -2.15. The van der Waals surface area contributed by atoms with Crippen molar-refractivity contribution in [3.8, 4) is 5.75 Å². The minimum absolute atomic E-state index is 0.712. The molecule has 0 saturated carbocycles. The highest BCUT2D eigenvalue weighted by molar-refractivity contribution is 6.31. The molecular formula is C18H20ClN3O. The van der Waals surface area contributed by atoms with E-state index in [1.54, 1.807) is 0 Å². The first-order chi connectivity index (χ1) is 11.2. The van der Waals surface area contributed by atoms with Crippen LogP contribution in [-0.2, 0) is 6.54 Å². The van der Waals surface area contributed by atoms with Crippen LogP contribution in [-0.4, -0.2) is 35.1 Å². The van der Waals surface area contributed by atoms with Gasteiger partial charge in [0.25, 0.3) is 0 Å². The molecule has 0 saturated heterocycles. The van der Waals surface area contributed by atoms with Crippen molar-refractivity contribution in [1.82, 2.24) is 14.9 Å². The zero-order valence-corrected chi connectivity index (χ0v) is 13.9. The Morgan fingerprint density at radius 3 is 2.83 bits per heavy atom. The summed E-state index contributed by atoms with van der Waals surface area (Å²) in [5, 5.41) is 0.721. The standard InChI is InChI=1S/C18H20ClN3O/c1-22(10-5-11-23-15-6-3-2-4-7-15)13-18-20-16-9-8-14(19)12-17(16)21-18/h2-4,6-9,12H,5,10-11,13H2,1H3,(H,20,21). The molecule has 2 aromatic carbocycles. The number of aromatic amines is 1. The lowest BCUT2D eigenvalue weighted by molar-refractivity contribution is 0.256. The third-order valence-electron chi connectivity index (χ3n) is 3.61. The first kappa shape index (κ1) is 15.8. The first-order valence-corrected chi connectivity index (χ1v) is 8.09. The summed E-state index contributed by atoms with van der Waals surface area (Å²) in [5.74, 6) is 1.87. The maximum absolute atomic E-state index is 6.00. The summed E-state index contributed by atoms with van der Waals surface area (Å²) in [6.07, 6.45) is 0.970. The molecule has 3 aromatic rings. The number of hydrogen-bond acceptors (Lipinski definition) is 3. The van der Waals surface area contributed by atoms with Crippen LogP contribution < -0.4 is 4.74 Å². The van der Waals surface area contributed by atoms with E-state index in [9.17, 15) is 0 Å². The highest BCUT2D eigenvalue weighted by Gasteiger charge is 2.06. The number of nitrogens with zero attached hydrogens (tertiary/aromatic N) is 2. The normalized spacial score (nSPS) is 11.3. The summed E-state index contributed by atoms with van der Waals surface area (Å²) < 4.78 is 5.70. The van der Waals surface area contributed by atoms with Crippen LogP contribution in [0.15, 0.2) is 48.5 Å². The quantitative estimate of drug-likeness (QED) is 0.663. The third-order valence-corrected chi connectivity index (χ3v) is 3.84. The monoisotopic (exact) mass is 329 g/mol. The number of H-pyrrole nitrogens is 1. The lowest BCUT2D eigenvalue weighted by atomic mass is 10.3. The summed E-state index contributed by atoms with van der Waals surface area (Å²) >= 11 is 6.00. The number of nitrogens with one attached hydrogen (secondary N) is 1. The van der Waals surface area contributed by atoms with Gasteiger partial charge in [-0.15, -0.1) is 0 Å². The van der Waals surface area contributed by atoms with Gasteiger partial charge in [-0.1, -0.05) is 29.8 Å². The molecule has 5 heteroatoms. The van der Waals surface area contributed by atoms with Gasteiger partial charge in [0, 0.05) is 11.6 Å². The van der Waals surface area contributed by atoms with Crippen LogP contribution in [0.2, 0.25) is 5.02 Å². The van der Waals surface area contributed by atoms with Crippen molar-refractivity contribution >= 4 is 22.6 Å². The molecule has 0 aliphatic rings. The van der Waals surface area contributed by atoms with Gasteiger partial charge < -0.3 is 9.72 Å². The van der Waals surface area contributed by atoms with E-state index in [0.717, 1.165) is 47.1 Å². The molecule has 1 N–H and O–H groups in total. The van der Waals surface area contributed by atoms with E-state index in [0.29, 0.717) is 6.61 Å². The van der Waals surface area contributed by atoms with Gasteiger partial charge in [-0.05, 0) is 43.8 Å². The first-order valence-electron chi connectivity index (χ1n) is 7.71. The maximum Gasteiger partial charge on any atom is 0.121 e. The average molecular weight is 330 g/mol. The van der Waals surface area contributed by atoms with Crippen molar-refractivity contribution < 1.29 is 4.74 Å². The minimum Gasteiger partial charge on any atom is -0.494 e. The molecule has 0 atom stereocenters. The Labute approximate surface area is 141 Å². The lowest BCUT2D eigenvalue weighted by Crippen LogP contribution is -2.21. The molecule has 1 heterocycles. The Balaban J connectivity index is 1.45. The smallest absolute Gasteiger partial charge is 0.121 e. The number of rotatable bonds is 7. The Morgan fingerprint density at radius 1 is 1.17 bits per heavy atom. The van der Waals surface area contributed by atoms with E-state index in [1.807, 2.05) is 48.5 Å². The predicted octanol–water partition coefficient (Wildman–Crippen LogP) is 4.12. The van der Waals surface area contributed by atoms with Gasteiger partial charge in [0.2, 0.25) is 0 Å². The molecule has 0 unspecified atom stereocenters. The molecule has 0 fully saturated rings. The molecule has 0 spiro atoms. The number of ether oxygens (including phenoxy) is 1. The molecule has 23 heavy (non-hydrogen) atoms. The fourth-order valence-corrected chi connectivity index (χ4v) is 2.66. The topological polar surface area (TPSA) is 41.1 Å². The van der Waals surface area contributed by atoms with Gasteiger partial charge >= 0.3 is 0 Å². The number of halogens is 1. The molecular weight excluding hydrogens is 310 g/mol. The summed E-state index contributed by atoms with van der Waals surface area (Å²) in [7, 11) is 2.09. The van der Waals surface area contributed by atoms with Crippen molar-refractivity contribution in [2.75, 3.05) is 20.2 Å². The van der Waals surface area contributed by atoms with Crippen LogP contribution in [0.3, 0.4) is 0 Å². The van der Waals surface area contributed by atoms with Crippen LogP contribution in [0.25, 0.3) is 11.0 Å². The Kier molecular flexibility index (Phi) is 5.16. The van der Waals surface area contributed by atoms with E-state index in [-0.39, 0.29) is 0 Å². The van der Waals surface area contributed by atoms with E-state index >= 15 is 0 Å². The van der Waals surface area contributed by atoms with Crippen molar-refractivity contribution in [2.24, 2.45) is 0 Å². The summed E-state index contributed by atoms with van der Waals surface area (Å²) in [6, 6.07) is 15.6. The molecule has 0 radical (unpaired) electrons. The Hall–Kier alpha value is -2.04. The Bertz CT molecular complexity index is 757. The summed E-state index contributed by atoms with van der Waals surface area (Å²) in [6.45, 7) is 2.44. The predicted molar refractivity (Wildman–Crippen MR) is 94.0 cm³/mol. The van der Waals surface area contributed by atoms with Crippen LogP contribution in [0, 0.1) is 0 Å². The molecule has 1 aromatic heterocycles. The largest absolute Gasteiger partial charge is 0.494 e. The number of fused-ring (bicyclic) bond motifs is 1. The fraction of sp³-hybridized carbons (Fsp3) is 0.278. The number of imidazole rings is 1. The zero-order chi connectivity index (χ0) is 16.1. The molecule has 0 aliphatic heterocycles. The SMILES string of the molecule is CN(CCCOc1ccccc1)Cc1nc2ccc(Cl)cc2[nH]1. The van der Waals surface area contributed by atoms with E-state index in [1.165, 1.54) is 0 Å². The van der Waals surface area contributed by atoms with Crippen LogP contribution in [0.4, 0.5) is 0 Å². The van der Waals surface area contributed by atoms with Gasteiger partial charge in [-0.25, -0.2) is 4.98 Å². The summed E-state index contributed by atoms with van der Waals surface area (Å²) in [5.41, 5.74) is 1.93. The maximum atomic E-state index is 6.00. The van der Waals surface area contributed by atoms with Crippen molar-refractivity contribution in [2.45, 2.75) is 13.0 Å². The van der Waals surface area contributed by atoms with Gasteiger partial charge in [0.1, 0.15) is 11.6 Å². The molecule has 120 valence electrons. The highest BCUT2D eigenvalue weighted by Crippen LogP contribution is 2.17. The van der Waals surface area contributed by atoms with Crippen LogP contribution in [0.5, 0.6) is 5.75 Å². The van der Waals surface area contributed by atoms with Gasteiger partial charge in [0.15, 0.2) is 0 Å². The second-order valence-electron chi connectivity index (χ2n) is 5.60. The van der Waals surface area contributed by atoms with E-state index in [4.69, 9.17) is 16.3 Å². The second kappa shape index (κ2) is 7.49. The number of hydrogen-bond donors (Lipinski definition) is 1. The van der Waals surface area contributed by atoms with Crippen molar-refractivity contribution in [3.05, 3.63) is 59.4 Å². The number of para-hydroxylation sites is 1. The van der Waals surface area contributed by atoms with E-state index < -0.39 is 0 Å². The van der Waals surface area contributed by atoms with Crippen molar-refractivity contribution in [1.29, 1.82) is 0 Å². The van der Waals surface area contributed by atoms with Gasteiger partial charge in [-0.2, -0.15) is 0 Å². The molecule has 4 nitrogen and oxygen atoms in total. The van der Waals surface area contributed by atoms with Gasteiger partial charge in [-0.3, -0.25) is 4.90 Å². The third kappa shape index (κ3) is 4.47. The Morgan fingerprint density at radius 2 is 2.00 bits per heavy atom. The van der Waals surface area contributed by atoms with Gasteiger partial charge in [0.05, 0.1) is 24.2 Å². The fourth-order valence-electron chi connectivity index (χ4n) is 2.49. The number of aromatic nitrogens is 2. The van der Waals surface area contributed by atoms with Crippen LogP contribution >= 0.6 is 11.6 Å². The minimum atomic E-state index is 0.712. The summed E-state index contributed by atoms with van der Waals surface area (Å²) in [4.78, 5) is 10.1. The van der Waals surface area contributed by atoms with Crippen molar-refractivity contribution in [3.63, 3.8) is 0 Å². The molecule has 3 rings (SSSR count). The molecule has 0 aliphatic carbocycles. The second-order valence-corrected chi connectivity index (χ2v) is 6.03. The van der Waals surface area contributed by atoms with E-state index in [2.05, 4.69) is 21.9 Å². The molecule has 0 bridgehead atoms. The number of benzene rings is 2. The average Bonchev–Trinajstić information content (AvgIpc) is 2.94.